The topological polar surface area (TPSA) is 67.0 Å². The smallest absolute Gasteiger partial charge is 0.179 e. The van der Waals surface area contributed by atoms with E-state index < -0.39 is 0 Å². The van der Waals surface area contributed by atoms with Crippen molar-refractivity contribution in [3.05, 3.63) is 126 Å². The van der Waals surface area contributed by atoms with Crippen molar-refractivity contribution in [2.45, 2.75) is 26.3 Å². The molecule has 0 spiro atoms. The van der Waals surface area contributed by atoms with Gasteiger partial charge in [-0.25, -0.2) is 14.7 Å². The first kappa shape index (κ1) is 24.8. The van der Waals surface area contributed by atoms with Gasteiger partial charge in [-0.05, 0) is 61.4 Å². The Morgan fingerprint density at radius 3 is 2.34 bits per heavy atom. The number of ether oxygens (including phenoxy) is 1. The molecule has 2 aliphatic rings. The fourth-order valence-electron chi connectivity index (χ4n) is 5.69. The number of aryl methyl sites for hydroxylation is 2. The predicted octanol–water partition coefficient (Wildman–Crippen LogP) is 7.55. The van der Waals surface area contributed by atoms with E-state index in [4.69, 9.17) is 19.8 Å². The molecule has 0 radical (unpaired) electrons. The lowest BCUT2D eigenvalue weighted by molar-refractivity contribution is 0.407. The summed E-state index contributed by atoms with van der Waals surface area (Å²) in [5.74, 6) is 2.99. The first-order chi connectivity index (χ1) is 20.2. The van der Waals surface area contributed by atoms with E-state index >= 15 is 0 Å². The number of nitrogens with one attached hydrogen (secondary N) is 1. The number of aromatic nitrogens is 2. The normalized spacial score (nSPS) is 15.3. The fraction of sp³-hybridized carbons (Fsp3) is 0.147. The van der Waals surface area contributed by atoms with Gasteiger partial charge in [-0.15, -0.1) is 0 Å². The van der Waals surface area contributed by atoms with Crippen molar-refractivity contribution in [1.29, 1.82) is 0 Å². The SMILES string of the molecule is CCc1ccc(NC2=Nc3ccccc3N3C2=Nc2c(c(C)nn2-c2ccccc2)C3c2ccccc2OC)cc1. The van der Waals surface area contributed by atoms with Crippen molar-refractivity contribution in [1.82, 2.24) is 9.78 Å². The molecule has 0 saturated carbocycles. The highest BCUT2D eigenvalue weighted by atomic mass is 16.5. The Morgan fingerprint density at radius 1 is 0.829 bits per heavy atom. The highest BCUT2D eigenvalue weighted by molar-refractivity contribution is 6.51. The summed E-state index contributed by atoms with van der Waals surface area (Å²) in [4.78, 5) is 12.7. The molecule has 202 valence electrons. The van der Waals surface area contributed by atoms with Crippen molar-refractivity contribution in [2.75, 3.05) is 17.3 Å². The summed E-state index contributed by atoms with van der Waals surface area (Å²) in [5, 5.41) is 8.60. The third kappa shape index (κ3) is 4.17. The van der Waals surface area contributed by atoms with Crippen LogP contribution in [0, 0.1) is 6.92 Å². The Morgan fingerprint density at radius 2 is 1.56 bits per heavy atom. The molecule has 7 nitrogen and oxygen atoms in total. The highest BCUT2D eigenvalue weighted by Gasteiger charge is 2.42. The Hall–Kier alpha value is -5.17. The Balaban J connectivity index is 1.49. The zero-order valence-corrected chi connectivity index (χ0v) is 23.2. The van der Waals surface area contributed by atoms with Gasteiger partial charge in [-0.3, -0.25) is 0 Å². The largest absolute Gasteiger partial charge is 0.496 e. The van der Waals surface area contributed by atoms with Crippen LogP contribution in [-0.4, -0.2) is 28.6 Å². The van der Waals surface area contributed by atoms with Crippen molar-refractivity contribution in [3.63, 3.8) is 0 Å². The van der Waals surface area contributed by atoms with Gasteiger partial charge in [-0.1, -0.05) is 67.6 Å². The number of aliphatic imine (C=N–C) groups is 2. The van der Waals surface area contributed by atoms with Crippen LogP contribution in [0.3, 0.4) is 0 Å². The predicted molar refractivity (Wildman–Crippen MR) is 166 cm³/mol. The molecule has 0 aliphatic carbocycles. The van der Waals surface area contributed by atoms with E-state index in [9.17, 15) is 0 Å². The second-order valence-electron chi connectivity index (χ2n) is 10.1. The minimum absolute atomic E-state index is 0.248. The van der Waals surface area contributed by atoms with Gasteiger partial charge in [0.25, 0.3) is 0 Å². The van der Waals surface area contributed by atoms with Crippen LogP contribution in [0.4, 0.5) is 22.9 Å². The van der Waals surface area contributed by atoms with Gasteiger partial charge in [0.2, 0.25) is 0 Å². The van der Waals surface area contributed by atoms with Gasteiger partial charge >= 0.3 is 0 Å². The molecule has 1 N–H and O–H groups in total. The van der Waals surface area contributed by atoms with E-state index in [1.807, 2.05) is 53.2 Å². The average molecular weight is 539 g/mol. The molecule has 5 aromatic rings. The molecule has 3 heterocycles. The molecule has 41 heavy (non-hydrogen) atoms. The van der Waals surface area contributed by atoms with Crippen LogP contribution in [-0.2, 0) is 6.42 Å². The molecule has 0 bridgehead atoms. The average Bonchev–Trinajstić information content (AvgIpc) is 3.36. The summed E-state index contributed by atoms with van der Waals surface area (Å²) in [7, 11) is 1.72. The molecule has 0 amide bonds. The second-order valence-corrected chi connectivity index (χ2v) is 10.1. The van der Waals surface area contributed by atoms with Crippen LogP contribution in [0.1, 0.15) is 35.3 Å². The number of hydrogen-bond donors (Lipinski definition) is 1. The summed E-state index contributed by atoms with van der Waals surface area (Å²) >= 11 is 0. The molecule has 1 atom stereocenters. The maximum absolute atomic E-state index is 5.92. The maximum Gasteiger partial charge on any atom is 0.179 e. The molecular weight excluding hydrogens is 508 g/mol. The van der Waals surface area contributed by atoms with Crippen molar-refractivity contribution in [3.8, 4) is 11.4 Å². The van der Waals surface area contributed by atoms with E-state index in [1.54, 1.807) is 7.11 Å². The molecule has 1 unspecified atom stereocenters. The lowest BCUT2D eigenvalue weighted by Crippen LogP contribution is -2.46. The van der Waals surface area contributed by atoms with Gasteiger partial charge in [0.1, 0.15) is 5.75 Å². The number of amidine groups is 2. The number of hydrogen-bond acceptors (Lipinski definition) is 6. The molecule has 2 aliphatic heterocycles. The quantitative estimate of drug-likeness (QED) is 0.251. The number of para-hydroxylation sites is 4. The molecule has 1 aromatic heterocycles. The summed E-state index contributed by atoms with van der Waals surface area (Å²) in [6, 6.07) is 34.8. The van der Waals surface area contributed by atoms with Crippen LogP contribution < -0.4 is 15.0 Å². The molecular formula is C34H30N6O. The first-order valence-electron chi connectivity index (χ1n) is 13.9. The molecule has 0 fully saturated rings. The van der Waals surface area contributed by atoms with Crippen molar-refractivity contribution < 1.29 is 4.74 Å². The summed E-state index contributed by atoms with van der Waals surface area (Å²) in [6.45, 7) is 4.21. The third-order valence-corrected chi connectivity index (χ3v) is 7.70. The Labute approximate surface area is 239 Å². The number of fused-ring (bicyclic) bond motifs is 4. The summed E-state index contributed by atoms with van der Waals surface area (Å²) in [5.41, 5.74) is 8.01. The lowest BCUT2D eigenvalue weighted by atomic mass is 9.92. The Bertz CT molecular complexity index is 1800. The molecule has 0 saturated heterocycles. The van der Waals surface area contributed by atoms with Gasteiger partial charge in [0.05, 0.1) is 35.9 Å². The van der Waals surface area contributed by atoms with E-state index in [0.717, 1.165) is 63.4 Å². The van der Waals surface area contributed by atoms with Gasteiger partial charge in [-0.2, -0.15) is 5.10 Å². The zero-order chi connectivity index (χ0) is 27.9. The fourth-order valence-corrected chi connectivity index (χ4v) is 5.69. The summed E-state index contributed by atoms with van der Waals surface area (Å²) in [6.07, 6.45) is 0.987. The number of methoxy groups -OCH3 is 1. The van der Waals surface area contributed by atoms with E-state index in [-0.39, 0.29) is 6.04 Å². The van der Waals surface area contributed by atoms with E-state index in [1.165, 1.54) is 5.56 Å². The standard InChI is InChI=1S/C34H30N6O/c1-4-23-18-20-24(21-19-23)35-32-34-37-33-30(22(2)38-40(33)25-12-6-5-7-13-25)31(26-14-8-11-17-29(26)41-3)39(34)28-16-10-9-15-27(28)36-32/h5-21,31H,4H2,1-3H3,(H,35,36). The van der Waals surface area contributed by atoms with E-state index in [0.29, 0.717) is 5.84 Å². The number of nitrogens with zero attached hydrogens (tertiary/aromatic N) is 5. The third-order valence-electron chi connectivity index (χ3n) is 7.70. The summed E-state index contributed by atoms with van der Waals surface area (Å²) < 4.78 is 7.85. The second kappa shape index (κ2) is 10.1. The van der Waals surface area contributed by atoms with Crippen LogP contribution in [0.25, 0.3) is 5.69 Å². The van der Waals surface area contributed by atoms with Crippen LogP contribution in [0.2, 0.25) is 0 Å². The molecule has 7 rings (SSSR count). The first-order valence-corrected chi connectivity index (χ1v) is 13.9. The number of anilines is 2. The number of rotatable bonds is 5. The lowest BCUT2D eigenvalue weighted by Gasteiger charge is -2.41. The monoisotopic (exact) mass is 538 g/mol. The van der Waals surface area contributed by atoms with Crippen LogP contribution in [0.5, 0.6) is 5.75 Å². The van der Waals surface area contributed by atoms with Gasteiger partial charge in [0, 0.05) is 16.8 Å². The number of benzene rings is 4. The molecule has 4 aromatic carbocycles. The molecule has 7 heteroatoms. The van der Waals surface area contributed by atoms with E-state index in [2.05, 4.69) is 78.7 Å². The zero-order valence-electron chi connectivity index (χ0n) is 23.2. The minimum Gasteiger partial charge on any atom is -0.496 e. The van der Waals surface area contributed by atoms with Crippen LogP contribution >= 0.6 is 0 Å². The van der Waals surface area contributed by atoms with Crippen molar-refractivity contribution >= 4 is 34.6 Å². The van der Waals surface area contributed by atoms with Gasteiger partial charge in [0.15, 0.2) is 17.5 Å². The Kier molecular flexibility index (Phi) is 6.12. The van der Waals surface area contributed by atoms with Crippen LogP contribution in [0.15, 0.2) is 113 Å². The minimum atomic E-state index is -0.248. The van der Waals surface area contributed by atoms with Crippen molar-refractivity contribution in [2.24, 2.45) is 9.98 Å². The highest BCUT2D eigenvalue weighted by Crippen LogP contribution is 2.49. The maximum atomic E-state index is 5.92. The van der Waals surface area contributed by atoms with Gasteiger partial charge < -0.3 is 15.0 Å².